The Morgan fingerprint density at radius 1 is 1.56 bits per heavy atom. The van der Waals surface area contributed by atoms with Gasteiger partial charge in [0, 0.05) is 5.54 Å². The van der Waals surface area contributed by atoms with E-state index < -0.39 is 5.97 Å². The van der Waals surface area contributed by atoms with Gasteiger partial charge in [0.2, 0.25) is 0 Å². The molecule has 1 fully saturated rings. The number of aromatic nitrogens is 2. The standard InChI is InChI=1S/C11H17N3O2/c1-7-13-8(10(15)16-3)9(12)14(7)11(2)5-4-6-11/h4-6,12H2,1-3H3. The van der Waals surface area contributed by atoms with Crippen LogP contribution in [0.1, 0.15) is 42.5 Å². The average molecular weight is 223 g/mol. The maximum atomic E-state index is 11.5. The SMILES string of the molecule is COC(=O)c1nc(C)n(C2(C)CCC2)c1N. The van der Waals surface area contributed by atoms with Crippen LogP contribution in [0.25, 0.3) is 0 Å². The van der Waals surface area contributed by atoms with Gasteiger partial charge in [-0.05, 0) is 33.1 Å². The minimum absolute atomic E-state index is 0.0213. The number of hydrogen-bond acceptors (Lipinski definition) is 4. The van der Waals surface area contributed by atoms with Crippen molar-refractivity contribution in [1.29, 1.82) is 0 Å². The van der Waals surface area contributed by atoms with E-state index in [2.05, 4.69) is 16.6 Å². The molecule has 16 heavy (non-hydrogen) atoms. The number of rotatable bonds is 2. The molecule has 0 atom stereocenters. The molecule has 1 aromatic heterocycles. The van der Waals surface area contributed by atoms with Crippen molar-refractivity contribution in [3.63, 3.8) is 0 Å². The normalized spacial score (nSPS) is 17.9. The number of carbonyl (C=O) groups excluding carboxylic acids is 1. The van der Waals surface area contributed by atoms with E-state index in [1.807, 2.05) is 11.5 Å². The molecule has 1 aliphatic rings. The van der Waals surface area contributed by atoms with Crippen molar-refractivity contribution in [3.05, 3.63) is 11.5 Å². The van der Waals surface area contributed by atoms with Crippen LogP contribution in [-0.4, -0.2) is 22.6 Å². The molecule has 1 aliphatic carbocycles. The summed E-state index contributed by atoms with van der Waals surface area (Å²) >= 11 is 0. The first-order chi connectivity index (χ1) is 7.49. The highest BCUT2D eigenvalue weighted by Gasteiger charge is 2.37. The average Bonchev–Trinajstić information content (AvgIpc) is 2.50. The van der Waals surface area contributed by atoms with Crippen molar-refractivity contribution >= 4 is 11.8 Å². The molecule has 0 bridgehead atoms. The van der Waals surface area contributed by atoms with Crippen molar-refractivity contribution in [2.24, 2.45) is 0 Å². The zero-order chi connectivity index (χ0) is 11.9. The molecule has 88 valence electrons. The lowest BCUT2D eigenvalue weighted by Crippen LogP contribution is -2.38. The molecular weight excluding hydrogens is 206 g/mol. The molecule has 5 nitrogen and oxygen atoms in total. The number of esters is 1. The van der Waals surface area contributed by atoms with Crippen LogP contribution in [0.2, 0.25) is 0 Å². The van der Waals surface area contributed by atoms with Crippen molar-refractivity contribution in [2.75, 3.05) is 12.8 Å². The molecule has 0 radical (unpaired) electrons. The second-order valence-corrected chi connectivity index (χ2v) is 4.57. The van der Waals surface area contributed by atoms with E-state index in [1.54, 1.807) is 0 Å². The number of hydrogen-bond donors (Lipinski definition) is 1. The largest absolute Gasteiger partial charge is 0.464 e. The first kappa shape index (κ1) is 11.0. The van der Waals surface area contributed by atoms with Gasteiger partial charge in [-0.3, -0.25) is 0 Å². The number of imidazole rings is 1. The number of methoxy groups -OCH3 is 1. The van der Waals surface area contributed by atoms with Gasteiger partial charge in [0.25, 0.3) is 0 Å². The van der Waals surface area contributed by atoms with Gasteiger partial charge in [0.05, 0.1) is 7.11 Å². The third-order valence-corrected chi connectivity index (χ3v) is 3.43. The van der Waals surface area contributed by atoms with Crippen molar-refractivity contribution < 1.29 is 9.53 Å². The van der Waals surface area contributed by atoms with E-state index in [4.69, 9.17) is 5.73 Å². The lowest BCUT2D eigenvalue weighted by Gasteiger charge is -2.41. The van der Waals surface area contributed by atoms with Crippen LogP contribution in [0, 0.1) is 6.92 Å². The van der Waals surface area contributed by atoms with Crippen LogP contribution in [0.4, 0.5) is 5.82 Å². The summed E-state index contributed by atoms with van der Waals surface area (Å²) in [5, 5.41) is 0. The Kier molecular flexibility index (Phi) is 2.40. The number of anilines is 1. The predicted molar refractivity (Wildman–Crippen MR) is 60.2 cm³/mol. The Morgan fingerprint density at radius 2 is 2.19 bits per heavy atom. The predicted octanol–water partition coefficient (Wildman–Crippen LogP) is 1.46. The smallest absolute Gasteiger partial charge is 0.360 e. The number of nitrogen functional groups attached to an aromatic ring is 1. The summed E-state index contributed by atoms with van der Waals surface area (Å²) in [4.78, 5) is 15.6. The van der Waals surface area contributed by atoms with E-state index in [0.29, 0.717) is 5.82 Å². The molecular formula is C11H17N3O2. The molecule has 0 spiro atoms. The van der Waals surface area contributed by atoms with Crippen LogP contribution in [-0.2, 0) is 10.3 Å². The summed E-state index contributed by atoms with van der Waals surface area (Å²) in [6, 6.07) is 0. The molecule has 0 saturated heterocycles. The van der Waals surface area contributed by atoms with E-state index in [1.165, 1.54) is 13.5 Å². The zero-order valence-electron chi connectivity index (χ0n) is 9.91. The lowest BCUT2D eigenvalue weighted by atomic mass is 9.78. The highest BCUT2D eigenvalue weighted by atomic mass is 16.5. The van der Waals surface area contributed by atoms with Gasteiger partial charge in [-0.1, -0.05) is 0 Å². The van der Waals surface area contributed by atoms with Gasteiger partial charge in [-0.2, -0.15) is 0 Å². The molecule has 0 amide bonds. The summed E-state index contributed by atoms with van der Waals surface area (Å²) in [6.07, 6.45) is 3.35. The summed E-state index contributed by atoms with van der Waals surface area (Å²) in [6.45, 7) is 4.01. The van der Waals surface area contributed by atoms with Crippen molar-refractivity contribution in [1.82, 2.24) is 9.55 Å². The fourth-order valence-corrected chi connectivity index (χ4v) is 2.39. The number of carbonyl (C=O) groups is 1. The number of aryl methyl sites for hydroxylation is 1. The Bertz CT molecular complexity index is 433. The number of ether oxygens (including phenoxy) is 1. The topological polar surface area (TPSA) is 70.1 Å². The van der Waals surface area contributed by atoms with Gasteiger partial charge < -0.3 is 15.0 Å². The number of nitrogens with zero attached hydrogens (tertiary/aromatic N) is 2. The van der Waals surface area contributed by atoms with Gasteiger partial charge in [0.15, 0.2) is 5.69 Å². The molecule has 5 heteroatoms. The summed E-state index contributed by atoms with van der Waals surface area (Å²) < 4.78 is 6.62. The lowest BCUT2D eigenvalue weighted by molar-refractivity contribution is 0.0595. The van der Waals surface area contributed by atoms with E-state index in [0.717, 1.165) is 18.7 Å². The monoisotopic (exact) mass is 223 g/mol. The van der Waals surface area contributed by atoms with Crippen LogP contribution >= 0.6 is 0 Å². The van der Waals surface area contributed by atoms with Crippen LogP contribution in [0.3, 0.4) is 0 Å². The Balaban J connectivity index is 2.47. The van der Waals surface area contributed by atoms with Crippen molar-refractivity contribution in [2.45, 2.75) is 38.6 Å². The summed E-state index contributed by atoms with van der Waals surface area (Å²) in [5.74, 6) is 0.730. The highest BCUT2D eigenvalue weighted by molar-refractivity contribution is 5.92. The second kappa shape index (κ2) is 3.50. The second-order valence-electron chi connectivity index (χ2n) is 4.57. The molecule has 1 aromatic rings. The van der Waals surface area contributed by atoms with E-state index in [9.17, 15) is 4.79 Å². The zero-order valence-corrected chi connectivity index (χ0v) is 9.91. The first-order valence-corrected chi connectivity index (χ1v) is 5.43. The minimum Gasteiger partial charge on any atom is -0.464 e. The molecule has 2 N–H and O–H groups in total. The van der Waals surface area contributed by atoms with E-state index >= 15 is 0 Å². The Hall–Kier alpha value is -1.52. The molecule has 1 saturated carbocycles. The van der Waals surface area contributed by atoms with Crippen molar-refractivity contribution in [3.8, 4) is 0 Å². The van der Waals surface area contributed by atoms with Gasteiger partial charge in [0.1, 0.15) is 11.6 Å². The Morgan fingerprint density at radius 3 is 2.62 bits per heavy atom. The maximum Gasteiger partial charge on any atom is 0.360 e. The third-order valence-electron chi connectivity index (χ3n) is 3.43. The van der Waals surface area contributed by atoms with Gasteiger partial charge in [-0.15, -0.1) is 0 Å². The summed E-state index contributed by atoms with van der Waals surface area (Å²) in [5.41, 5.74) is 6.23. The van der Waals surface area contributed by atoms with Gasteiger partial charge >= 0.3 is 5.97 Å². The van der Waals surface area contributed by atoms with E-state index in [-0.39, 0.29) is 11.2 Å². The fraction of sp³-hybridized carbons (Fsp3) is 0.636. The maximum absolute atomic E-state index is 11.5. The highest BCUT2D eigenvalue weighted by Crippen LogP contribution is 2.41. The minimum atomic E-state index is -0.470. The fourth-order valence-electron chi connectivity index (χ4n) is 2.39. The first-order valence-electron chi connectivity index (χ1n) is 5.43. The summed E-state index contributed by atoms with van der Waals surface area (Å²) in [7, 11) is 1.33. The molecule has 0 aliphatic heterocycles. The molecule has 0 unspecified atom stereocenters. The quantitative estimate of drug-likeness (QED) is 0.770. The van der Waals surface area contributed by atoms with Crippen LogP contribution < -0.4 is 5.73 Å². The van der Waals surface area contributed by atoms with Gasteiger partial charge in [-0.25, -0.2) is 9.78 Å². The molecule has 1 heterocycles. The molecule has 2 rings (SSSR count). The van der Waals surface area contributed by atoms with Crippen LogP contribution in [0.15, 0.2) is 0 Å². The third kappa shape index (κ3) is 1.38. The number of nitrogens with two attached hydrogens (primary N) is 1. The van der Waals surface area contributed by atoms with Crippen LogP contribution in [0.5, 0.6) is 0 Å². The molecule has 0 aromatic carbocycles. The Labute approximate surface area is 94.6 Å².